The Balaban J connectivity index is 1.30. The van der Waals surface area contributed by atoms with Crippen molar-refractivity contribution in [2.45, 2.75) is 94.1 Å². The summed E-state index contributed by atoms with van der Waals surface area (Å²) >= 11 is 0. The zero-order valence-corrected chi connectivity index (χ0v) is 29.4. The van der Waals surface area contributed by atoms with Crippen molar-refractivity contribution in [2.24, 2.45) is 0 Å². The quantitative estimate of drug-likeness (QED) is 0.252. The van der Waals surface area contributed by atoms with Crippen LogP contribution in [0.3, 0.4) is 0 Å². The first-order chi connectivity index (χ1) is 25.1. The summed E-state index contributed by atoms with van der Waals surface area (Å²) in [5.41, 5.74) is 0.343. The Kier molecular flexibility index (Phi) is 10.4. The van der Waals surface area contributed by atoms with Crippen LogP contribution in [-0.4, -0.2) is 100 Å². The molecule has 1 amide bonds. The fourth-order valence-electron chi connectivity index (χ4n) is 8.67. The molecule has 5 heterocycles. The van der Waals surface area contributed by atoms with Crippen molar-refractivity contribution in [2.75, 3.05) is 44.4 Å². The number of rotatable bonds is 8. The van der Waals surface area contributed by atoms with E-state index in [-0.39, 0.29) is 66.6 Å². The molecule has 1 unspecified atom stereocenters. The van der Waals surface area contributed by atoms with E-state index < -0.39 is 35.4 Å². The number of alkyl halides is 1. The van der Waals surface area contributed by atoms with Crippen molar-refractivity contribution in [3.63, 3.8) is 0 Å². The SMILES string of the molecule is C#Cc1c(F)ccc2c1[C@H](c1ncc3c(N4CCCCC(NC(=O)C=C)C4)nc(OC[C@]4(C)C[C@@H](F)CN4C4CCOCC4)nc3c1F)C[C@H](O)C2. The molecule has 10 nitrogen and oxygen atoms in total. The molecule has 3 saturated heterocycles. The first-order valence-corrected chi connectivity index (χ1v) is 18.2. The lowest BCUT2D eigenvalue weighted by atomic mass is 9.77. The standard InChI is InChI=1S/C39H45F3N6O4/c1-4-28-31(41)10-9-23-16-27(49)17-29(33(23)28)35-34(42)36-30(19-43-35)37(47-13-7-6-8-25(21-47)44-32(50)5-2)46-38(45-36)52-22-39(3)18-24(40)20-48(39)26-11-14-51-15-12-26/h1,5,9-10,19,24-27,29,49H,2,6-8,11-18,20-22H2,3H3,(H,44,50)/t24-,25?,27-,29-,39+/m1/s1. The Bertz CT molecular complexity index is 1880. The third kappa shape index (κ3) is 7.08. The molecule has 1 aromatic carbocycles. The van der Waals surface area contributed by atoms with Crippen LogP contribution in [0, 0.1) is 24.0 Å². The zero-order chi connectivity index (χ0) is 36.6. The first kappa shape index (κ1) is 36.1. The Morgan fingerprint density at radius 2 is 2.04 bits per heavy atom. The number of carbonyl (C=O) groups excluding carboxylic acids is 1. The van der Waals surface area contributed by atoms with Gasteiger partial charge in [-0.25, -0.2) is 13.2 Å². The van der Waals surface area contributed by atoms with Crippen LogP contribution in [-0.2, 0) is 16.0 Å². The van der Waals surface area contributed by atoms with Gasteiger partial charge in [0.2, 0.25) is 5.91 Å². The molecule has 276 valence electrons. The van der Waals surface area contributed by atoms with E-state index >= 15 is 8.78 Å². The molecule has 1 aliphatic carbocycles. The maximum absolute atomic E-state index is 17.1. The number of hydrogen-bond acceptors (Lipinski definition) is 9. The zero-order valence-electron chi connectivity index (χ0n) is 29.4. The predicted molar refractivity (Wildman–Crippen MR) is 190 cm³/mol. The summed E-state index contributed by atoms with van der Waals surface area (Å²) in [7, 11) is 0. The Labute approximate surface area is 301 Å². The first-order valence-electron chi connectivity index (χ1n) is 18.2. The minimum atomic E-state index is -1.03. The van der Waals surface area contributed by atoms with Gasteiger partial charge in [0, 0.05) is 63.5 Å². The normalized spacial score (nSPS) is 27.1. The minimum Gasteiger partial charge on any atom is -0.461 e. The average Bonchev–Trinajstić information content (AvgIpc) is 3.27. The number of nitrogens with zero attached hydrogens (tertiary/aromatic N) is 5. The third-order valence-electron chi connectivity index (χ3n) is 11.1. The van der Waals surface area contributed by atoms with Crippen molar-refractivity contribution in [1.29, 1.82) is 0 Å². The smallest absolute Gasteiger partial charge is 0.319 e. The number of aliphatic hydroxyl groups excluding tert-OH is 1. The highest BCUT2D eigenvalue weighted by Gasteiger charge is 2.46. The molecule has 0 saturated carbocycles. The van der Waals surface area contributed by atoms with E-state index in [4.69, 9.17) is 20.9 Å². The van der Waals surface area contributed by atoms with Crippen molar-refractivity contribution in [3.8, 4) is 18.4 Å². The number of likely N-dealkylation sites (tertiary alicyclic amines) is 1. The largest absolute Gasteiger partial charge is 0.461 e. The van der Waals surface area contributed by atoms with Crippen LogP contribution >= 0.6 is 0 Å². The van der Waals surface area contributed by atoms with E-state index in [1.165, 1.54) is 18.3 Å². The fourth-order valence-corrected chi connectivity index (χ4v) is 8.67. The van der Waals surface area contributed by atoms with E-state index in [1.54, 1.807) is 6.07 Å². The molecule has 2 N–H and O–H groups in total. The van der Waals surface area contributed by atoms with Crippen LogP contribution in [0.2, 0.25) is 0 Å². The summed E-state index contributed by atoms with van der Waals surface area (Å²) in [6, 6.07) is 2.69. The number of amides is 1. The van der Waals surface area contributed by atoms with Gasteiger partial charge in [-0.3, -0.25) is 14.7 Å². The molecule has 3 aromatic rings. The van der Waals surface area contributed by atoms with E-state index in [1.807, 2.05) is 11.8 Å². The number of halogens is 3. The number of pyridine rings is 1. The van der Waals surface area contributed by atoms with E-state index in [0.717, 1.165) is 32.1 Å². The average molecular weight is 719 g/mol. The molecule has 13 heteroatoms. The number of aromatic nitrogens is 3. The second kappa shape index (κ2) is 15.0. The summed E-state index contributed by atoms with van der Waals surface area (Å²) in [4.78, 5) is 30.4. The van der Waals surface area contributed by atoms with Crippen molar-refractivity contribution >= 4 is 22.6 Å². The molecule has 0 bridgehead atoms. The van der Waals surface area contributed by atoms with Crippen molar-refractivity contribution < 1.29 is 32.5 Å². The van der Waals surface area contributed by atoms with Crippen LogP contribution in [0.4, 0.5) is 19.0 Å². The summed E-state index contributed by atoms with van der Waals surface area (Å²) in [6.45, 7) is 8.10. The van der Waals surface area contributed by atoms with Crippen LogP contribution in [0.1, 0.15) is 80.2 Å². The number of ether oxygens (including phenoxy) is 2. The summed E-state index contributed by atoms with van der Waals surface area (Å²) in [5, 5.41) is 14.1. The molecule has 0 spiro atoms. The molecule has 2 aromatic heterocycles. The van der Waals surface area contributed by atoms with Crippen LogP contribution in [0.5, 0.6) is 6.01 Å². The van der Waals surface area contributed by atoms with Gasteiger partial charge >= 0.3 is 6.01 Å². The second-order valence-electron chi connectivity index (χ2n) is 14.8. The molecular formula is C39H45F3N6O4. The van der Waals surface area contributed by atoms with Gasteiger partial charge in [0.15, 0.2) is 5.82 Å². The molecule has 7 rings (SSSR count). The Hall–Kier alpha value is -4.25. The van der Waals surface area contributed by atoms with Gasteiger partial charge in [-0.05, 0) is 75.1 Å². The molecule has 5 atom stereocenters. The van der Waals surface area contributed by atoms with E-state index in [9.17, 15) is 14.3 Å². The lowest BCUT2D eigenvalue weighted by Crippen LogP contribution is -2.52. The monoisotopic (exact) mass is 718 g/mol. The lowest BCUT2D eigenvalue weighted by Gasteiger charge is -2.41. The van der Waals surface area contributed by atoms with E-state index in [2.05, 4.69) is 32.7 Å². The second-order valence-corrected chi connectivity index (χ2v) is 14.8. The molecule has 3 fully saturated rings. The van der Waals surface area contributed by atoms with Gasteiger partial charge in [-0.1, -0.05) is 18.6 Å². The predicted octanol–water partition coefficient (Wildman–Crippen LogP) is 4.74. The lowest BCUT2D eigenvalue weighted by molar-refractivity contribution is -0.117. The number of aliphatic hydroxyl groups is 1. The molecule has 3 aliphatic heterocycles. The number of fused-ring (bicyclic) bond motifs is 2. The van der Waals surface area contributed by atoms with E-state index in [0.29, 0.717) is 55.2 Å². The Morgan fingerprint density at radius 1 is 1.23 bits per heavy atom. The van der Waals surface area contributed by atoms with Crippen LogP contribution in [0.15, 0.2) is 31.0 Å². The number of hydrogen-bond donors (Lipinski definition) is 2. The van der Waals surface area contributed by atoms with Crippen molar-refractivity contribution in [1.82, 2.24) is 25.2 Å². The van der Waals surface area contributed by atoms with Gasteiger partial charge in [0.25, 0.3) is 0 Å². The number of terminal acetylenes is 1. The number of anilines is 1. The van der Waals surface area contributed by atoms with Gasteiger partial charge in [-0.2, -0.15) is 9.97 Å². The van der Waals surface area contributed by atoms with Gasteiger partial charge in [-0.15, -0.1) is 6.42 Å². The number of nitrogens with one attached hydrogen (secondary N) is 1. The maximum Gasteiger partial charge on any atom is 0.319 e. The fraction of sp³-hybridized carbons (Fsp3) is 0.538. The highest BCUT2D eigenvalue weighted by Crippen LogP contribution is 2.42. The molecular weight excluding hydrogens is 673 g/mol. The van der Waals surface area contributed by atoms with Crippen LogP contribution < -0.4 is 15.0 Å². The topological polar surface area (TPSA) is 113 Å². The highest BCUT2D eigenvalue weighted by molar-refractivity contribution is 5.90. The van der Waals surface area contributed by atoms with Crippen LogP contribution in [0.25, 0.3) is 10.9 Å². The van der Waals surface area contributed by atoms with Gasteiger partial charge in [0.05, 0.1) is 28.3 Å². The number of carbonyl (C=O) groups is 1. The van der Waals surface area contributed by atoms with Gasteiger partial charge < -0.3 is 24.8 Å². The molecule has 52 heavy (non-hydrogen) atoms. The molecule has 4 aliphatic rings. The number of benzene rings is 1. The maximum atomic E-state index is 17.1. The summed E-state index contributed by atoms with van der Waals surface area (Å²) in [5.74, 6) is 0.332. The third-order valence-corrected chi connectivity index (χ3v) is 11.1. The summed E-state index contributed by atoms with van der Waals surface area (Å²) in [6.07, 6.45) is 11.2. The van der Waals surface area contributed by atoms with Crippen molar-refractivity contribution in [3.05, 3.63) is 65.0 Å². The Morgan fingerprint density at radius 3 is 2.81 bits per heavy atom. The van der Waals surface area contributed by atoms with Gasteiger partial charge in [0.1, 0.15) is 29.9 Å². The molecule has 0 radical (unpaired) electrons. The minimum absolute atomic E-state index is 0.0188. The highest BCUT2D eigenvalue weighted by atomic mass is 19.1. The summed E-state index contributed by atoms with van der Waals surface area (Å²) < 4.78 is 59.0.